The molecule has 1 fully saturated rings. The molecule has 0 aromatic heterocycles. The van der Waals surface area contributed by atoms with Gasteiger partial charge in [-0.15, -0.1) is 11.6 Å². The lowest BCUT2D eigenvalue weighted by Crippen LogP contribution is -2.39. The molecule has 1 amide bonds. The van der Waals surface area contributed by atoms with Gasteiger partial charge >= 0.3 is 0 Å². The van der Waals surface area contributed by atoms with E-state index in [-0.39, 0.29) is 17.8 Å². The minimum absolute atomic E-state index is 0.0980. The van der Waals surface area contributed by atoms with E-state index < -0.39 is 0 Å². The van der Waals surface area contributed by atoms with E-state index in [2.05, 4.69) is 29.2 Å². The first-order valence-electron chi connectivity index (χ1n) is 6.76. The highest BCUT2D eigenvalue weighted by atomic mass is 35.5. The lowest BCUT2D eigenvalue weighted by molar-refractivity contribution is -0.132. The quantitative estimate of drug-likeness (QED) is 0.767. The van der Waals surface area contributed by atoms with E-state index >= 15 is 0 Å². The molecule has 0 heterocycles. The largest absolute Gasteiger partial charge is 0.332 e. The second-order valence-corrected chi connectivity index (χ2v) is 5.54. The van der Waals surface area contributed by atoms with Crippen LogP contribution in [-0.4, -0.2) is 22.7 Å². The molecule has 0 unspecified atom stereocenters. The fraction of sp³-hybridized carbons (Fsp3) is 0.533. The molecule has 96 valence electrons. The van der Waals surface area contributed by atoms with Crippen LogP contribution in [0, 0.1) is 0 Å². The third-order valence-corrected chi connectivity index (χ3v) is 4.24. The van der Waals surface area contributed by atoms with Crippen LogP contribution in [0.5, 0.6) is 0 Å². The van der Waals surface area contributed by atoms with Gasteiger partial charge in [-0.1, -0.05) is 24.3 Å². The Morgan fingerprint density at radius 1 is 1.28 bits per heavy atom. The first-order valence-corrected chi connectivity index (χ1v) is 7.29. The molecule has 3 heteroatoms. The number of hydrogen-bond donors (Lipinski definition) is 0. The monoisotopic (exact) mass is 263 g/mol. The van der Waals surface area contributed by atoms with Gasteiger partial charge in [0.25, 0.3) is 0 Å². The summed E-state index contributed by atoms with van der Waals surface area (Å²) in [5.74, 6) is 0.204. The Labute approximate surface area is 113 Å². The zero-order valence-corrected chi connectivity index (χ0v) is 11.2. The van der Waals surface area contributed by atoms with Gasteiger partial charge in [0.1, 0.15) is 5.88 Å². The minimum Gasteiger partial charge on any atom is -0.332 e. The minimum atomic E-state index is 0.0980. The third-order valence-electron chi connectivity index (χ3n) is 4.02. The number of rotatable bonds is 3. The summed E-state index contributed by atoms with van der Waals surface area (Å²) in [5, 5.41) is 0. The maximum absolute atomic E-state index is 12.1. The lowest BCUT2D eigenvalue weighted by Gasteiger charge is -2.36. The smallest absolute Gasteiger partial charge is 0.238 e. The van der Waals surface area contributed by atoms with Crippen molar-refractivity contribution < 1.29 is 4.79 Å². The molecule has 0 N–H and O–H groups in total. The summed E-state index contributed by atoms with van der Waals surface area (Å²) >= 11 is 5.77. The van der Waals surface area contributed by atoms with Gasteiger partial charge in [0, 0.05) is 6.04 Å². The van der Waals surface area contributed by atoms with Crippen LogP contribution in [0.2, 0.25) is 0 Å². The highest BCUT2D eigenvalue weighted by Gasteiger charge is 2.38. The number of halogens is 1. The molecule has 1 aromatic rings. The number of alkyl halides is 1. The Morgan fingerprint density at radius 2 is 2.06 bits per heavy atom. The SMILES string of the molecule is O=C(CCl)N(C1CC1)[C@@H]1CCCc2ccccc21. The van der Waals surface area contributed by atoms with Gasteiger partial charge < -0.3 is 4.90 Å². The molecule has 0 bridgehead atoms. The van der Waals surface area contributed by atoms with Gasteiger partial charge in [-0.05, 0) is 43.2 Å². The Morgan fingerprint density at radius 3 is 2.78 bits per heavy atom. The van der Waals surface area contributed by atoms with Gasteiger partial charge in [0.05, 0.1) is 6.04 Å². The van der Waals surface area contributed by atoms with E-state index in [1.54, 1.807) is 0 Å². The summed E-state index contributed by atoms with van der Waals surface area (Å²) in [6, 6.07) is 9.23. The summed E-state index contributed by atoms with van der Waals surface area (Å²) in [4.78, 5) is 14.2. The van der Waals surface area contributed by atoms with Crippen LogP contribution in [0.15, 0.2) is 24.3 Å². The number of benzene rings is 1. The standard InChI is InChI=1S/C15H18ClNO/c16-10-15(18)17(12-8-9-12)14-7-3-5-11-4-1-2-6-13(11)14/h1-2,4,6,12,14H,3,5,7-10H2/t14-/m1/s1. The Kier molecular flexibility index (Phi) is 3.29. The number of carbonyl (C=O) groups is 1. The van der Waals surface area contributed by atoms with E-state index in [0.717, 1.165) is 25.7 Å². The van der Waals surface area contributed by atoms with E-state index in [1.165, 1.54) is 17.5 Å². The molecule has 1 aromatic carbocycles. The van der Waals surface area contributed by atoms with Gasteiger partial charge in [0.15, 0.2) is 0 Å². The molecular formula is C15H18ClNO. The Bertz CT molecular complexity index is 456. The summed E-state index contributed by atoms with van der Waals surface area (Å²) in [7, 11) is 0. The maximum atomic E-state index is 12.1. The normalized spacial score (nSPS) is 22.4. The molecule has 0 aliphatic heterocycles. The molecule has 3 rings (SSSR count). The van der Waals surface area contributed by atoms with Crippen molar-refractivity contribution >= 4 is 17.5 Å². The fourth-order valence-electron chi connectivity index (χ4n) is 3.07. The van der Waals surface area contributed by atoms with Crippen molar-refractivity contribution in [2.24, 2.45) is 0 Å². The van der Waals surface area contributed by atoms with Crippen LogP contribution in [0.25, 0.3) is 0 Å². The summed E-state index contributed by atoms with van der Waals surface area (Å²) in [5.41, 5.74) is 2.75. The highest BCUT2D eigenvalue weighted by molar-refractivity contribution is 6.27. The number of amides is 1. The first-order chi connectivity index (χ1) is 8.81. The predicted octanol–water partition coefficient (Wildman–Crippen LogP) is 3.29. The van der Waals surface area contributed by atoms with Crippen LogP contribution in [0.3, 0.4) is 0 Å². The van der Waals surface area contributed by atoms with Crippen molar-refractivity contribution in [3.8, 4) is 0 Å². The molecular weight excluding hydrogens is 246 g/mol. The van der Waals surface area contributed by atoms with E-state index in [1.807, 2.05) is 0 Å². The molecule has 0 spiro atoms. The third kappa shape index (κ3) is 2.14. The number of fused-ring (bicyclic) bond motifs is 1. The maximum Gasteiger partial charge on any atom is 0.238 e. The van der Waals surface area contributed by atoms with Crippen molar-refractivity contribution in [1.29, 1.82) is 0 Å². The summed E-state index contributed by atoms with van der Waals surface area (Å²) < 4.78 is 0. The van der Waals surface area contributed by atoms with Crippen molar-refractivity contribution in [1.82, 2.24) is 4.90 Å². The second kappa shape index (κ2) is 4.93. The molecule has 2 nitrogen and oxygen atoms in total. The molecule has 1 atom stereocenters. The van der Waals surface area contributed by atoms with Crippen LogP contribution in [-0.2, 0) is 11.2 Å². The van der Waals surface area contributed by atoms with Crippen molar-refractivity contribution in [3.05, 3.63) is 35.4 Å². The molecule has 2 aliphatic carbocycles. The number of aryl methyl sites for hydroxylation is 1. The molecule has 2 aliphatic rings. The van der Waals surface area contributed by atoms with Crippen molar-refractivity contribution in [2.75, 3.05) is 5.88 Å². The Hall–Kier alpha value is -1.02. The van der Waals surface area contributed by atoms with Gasteiger partial charge in [-0.25, -0.2) is 0 Å². The zero-order chi connectivity index (χ0) is 12.5. The molecule has 0 saturated heterocycles. The van der Waals surface area contributed by atoms with Crippen LogP contribution in [0.4, 0.5) is 0 Å². The van der Waals surface area contributed by atoms with Crippen molar-refractivity contribution in [2.45, 2.75) is 44.2 Å². The van der Waals surface area contributed by atoms with Gasteiger partial charge in [-0.2, -0.15) is 0 Å². The summed E-state index contributed by atoms with van der Waals surface area (Å²) in [6.07, 6.45) is 5.67. The van der Waals surface area contributed by atoms with Crippen LogP contribution in [0.1, 0.15) is 42.9 Å². The average Bonchev–Trinajstić information content (AvgIpc) is 3.24. The predicted molar refractivity (Wildman–Crippen MR) is 72.7 cm³/mol. The van der Waals surface area contributed by atoms with Crippen molar-refractivity contribution in [3.63, 3.8) is 0 Å². The Balaban J connectivity index is 1.93. The average molecular weight is 264 g/mol. The number of nitrogens with zero attached hydrogens (tertiary/aromatic N) is 1. The topological polar surface area (TPSA) is 20.3 Å². The fourth-order valence-corrected chi connectivity index (χ4v) is 3.21. The second-order valence-electron chi connectivity index (χ2n) is 5.27. The zero-order valence-electron chi connectivity index (χ0n) is 10.4. The van der Waals surface area contributed by atoms with Gasteiger partial charge in [-0.3, -0.25) is 4.79 Å². The van der Waals surface area contributed by atoms with Gasteiger partial charge in [0.2, 0.25) is 5.91 Å². The van der Waals surface area contributed by atoms with E-state index in [9.17, 15) is 4.79 Å². The molecule has 0 radical (unpaired) electrons. The van der Waals surface area contributed by atoms with Crippen LogP contribution < -0.4 is 0 Å². The molecule has 1 saturated carbocycles. The van der Waals surface area contributed by atoms with E-state index in [4.69, 9.17) is 11.6 Å². The number of carbonyl (C=O) groups excluding carboxylic acids is 1. The first kappa shape index (κ1) is 12.0. The van der Waals surface area contributed by atoms with Crippen LogP contribution >= 0.6 is 11.6 Å². The summed E-state index contributed by atoms with van der Waals surface area (Å²) in [6.45, 7) is 0. The number of hydrogen-bond acceptors (Lipinski definition) is 1. The lowest BCUT2D eigenvalue weighted by atomic mass is 9.86. The molecule has 18 heavy (non-hydrogen) atoms. The highest BCUT2D eigenvalue weighted by Crippen LogP contribution is 2.40. The van der Waals surface area contributed by atoms with E-state index in [0.29, 0.717) is 6.04 Å².